The van der Waals surface area contributed by atoms with Gasteiger partial charge in [0, 0.05) is 6.54 Å². The van der Waals surface area contributed by atoms with Gasteiger partial charge in [-0.05, 0) is 56.9 Å². The van der Waals surface area contributed by atoms with E-state index in [0.29, 0.717) is 31.7 Å². The molecule has 4 atom stereocenters. The van der Waals surface area contributed by atoms with Crippen molar-refractivity contribution in [3.8, 4) is 0 Å². The Morgan fingerprint density at radius 2 is 1.78 bits per heavy atom. The average molecular weight is 453 g/mol. The molecular weight excluding hydrogens is 412 g/mol. The molecule has 0 unspecified atom stereocenters. The lowest BCUT2D eigenvalue weighted by Gasteiger charge is -2.25. The molecule has 9 nitrogen and oxygen atoms in total. The van der Waals surface area contributed by atoms with Gasteiger partial charge in [-0.2, -0.15) is 0 Å². The van der Waals surface area contributed by atoms with E-state index in [1.165, 1.54) is 13.0 Å². The molecule has 0 aliphatic carbocycles. The summed E-state index contributed by atoms with van der Waals surface area (Å²) in [5, 5.41) is 21.0. The number of amides is 4. The number of hydrogen-bond acceptors (Lipinski definition) is 5. The first-order valence-corrected chi connectivity index (χ1v) is 11.5. The largest absolute Gasteiger partial charge is 0.381 e. The molecule has 0 aromatic heterocycles. The molecule has 1 aliphatic rings. The molecule has 0 aromatic rings. The van der Waals surface area contributed by atoms with Crippen LogP contribution in [0.3, 0.4) is 0 Å². The number of allylic oxidation sites excluding steroid dienone is 1. The van der Waals surface area contributed by atoms with Crippen molar-refractivity contribution >= 4 is 23.6 Å². The van der Waals surface area contributed by atoms with Crippen LogP contribution in [0.15, 0.2) is 12.2 Å². The van der Waals surface area contributed by atoms with E-state index in [0.717, 1.165) is 12.8 Å². The zero-order valence-corrected chi connectivity index (χ0v) is 19.9. The van der Waals surface area contributed by atoms with Gasteiger partial charge in [0.1, 0.15) is 12.1 Å². The summed E-state index contributed by atoms with van der Waals surface area (Å²) in [6.07, 6.45) is 4.57. The van der Waals surface area contributed by atoms with Crippen LogP contribution >= 0.6 is 0 Å². The van der Waals surface area contributed by atoms with E-state index in [2.05, 4.69) is 35.1 Å². The van der Waals surface area contributed by atoms with Gasteiger partial charge in [-0.15, -0.1) is 0 Å². The van der Waals surface area contributed by atoms with Gasteiger partial charge in [0.15, 0.2) is 6.10 Å². The summed E-state index contributed by atoms with van der Waals surface area (Å²) in [4.78, 5) is 50.0. The molecule has 0 saturated carbocycles. The molecule has 1 aliphatic heterocycles. The first-order valence-electron chi connectivity index (χ1n) is 11.5. The van der Waals surface area contributed by atoms with Gasteiger partial charge in [-0.1, -0.05) is 33.8 Å². The number of nitrogens with one attached hydrogen (secondary N) is 4. The second-order valence-electron chi connectivity index (χ2n) is 9.30. The van der Waals surface area contributed by atoms with Gasteiger partial charge in [-0.25, -0.2) is 0 Å². The number of rotatable bonds is 7. The van der Waals surface area contributed by atoms with Crippen molar-refractivity contribution in [3.05, 3.63) is 12.2 Å². The Bertz CT molecular complexity index is 677. The van der Waals surface area contributed by atoms with E-state index in [9.17, 15) is 24.3 Å². The van der Waals surface area contributed by atoms with Crippen LogP contribution in [0.1, 0.15) is 66.7 Å². The summed E-state index contributed by atoms with van der Waals surface area (Å²) >= 11 is 0. The maximum absolute atomic E-state index is 12.7. The van der Waals surface area contributed by atoms with Crippen LogP contribution in [0.5, 0.6) is 0 Å². The third-order valence-corrected chi connectivity index (χ3v) is 5.23. The number of carbonyl (C=O) groups is 4. The van der Waals surface area contributed by atoms with Crippen molar-refractivity contribution < 1.29 is 24.3 Å². The molecule has 9 heteroatoms. The Hall–Kier alpha value is -2.42. The molecule has 1 saturated heterocycles. The van der Waals surface area contributed by atoms with E-state index >= 15 is 0 Å². The molecule has 1 heterocycles. The van der Waals surface area contributed by atoms with Crippen LogP contribution < -0.4 is 21.3 Å². The summed E-state index contributed by atoms with van der Waals surface area (Å²) in [5.41, 5.74) is 0. The number of hydrogen-bond donors (Lipinski definition) is 5. The van der Waals surface area contributed by atoms with E-state index in [1.807, 2.05) is 13.8 Å². The predicted octanol–water partition coefficient (Wildman–Crippen LogP) is 0.770. The molecule has 182 valence electrons. The summed E-state index contributed by atoms with van der Waals surface area (Å²) in [6.45, 7) is 9.88. The molecule has 32 heavy (non-hydrogen) atoms. The SMILES string of the molecule is CC(C)CC/C=C/C(=O)N[C@H]1CCCNC(=O)[C@H](CC(C)C)NC(=O)[C@@H](O)[C@H](C)NC1=O. The molecule has 4 amide bonds. The van der Waals surface area contributed by atoms with Crippen molar-refractivity contribution in [1.29, 1.82) is 0 Å². The first-order chi connectivity index (χ1) is 15.0. The number of aliphatic hydroxyl groups is 1. The molecule has 1 fully saturated rings. The second kappa shape index (κ2) is 13.9. The average Bonchev–Trinajstić information content (AvgIpc) is 2.71. The summed E-state index contributed by atoms with van der Waals surface area (Å²) in [7, 11) is 0. The lowest BCUT2D eigenvalue weighted by molar-refractivity contribution is -0.136. The summed E-state index contributed by atoms with van der Waals surface area (Å²) < 4.78 is 0. The van der Waals surface area contributed by atoms with Gasteiger partial charge >= 0.3 is 0 Å². The zero-order valence-electron chi connectivity index (χ0n) is 19.9. The van der Waals surface area contributed by atoms with Gasteiger partial charge in [0.2, 0.25) is 17.7 Å². The van der Waals surface area contributed by atoms with Crippen molar-refractivity contribution in [3.63, 3.8) is 0 Å². The molecule has 0 bridgehead atoms. The Labute approximate surface area is 191 Å². The third kappa shape index (κ3) is 10.3. The monoisotopic (exact) mass is 452 g/mol. The van der Waals surface area contributed by atoms with Crippen LogP contribution in [-0.2, 0) is 19.2 Å². The first kappa shape index (κ1) is 27.6. The third-order valence-electron chi connectivity index (χ3n) is 5.23. The summed E-state index contributed by atoms with van der Waals surface area (Å²) in [5.74, 6) is -1.25. The predicted molar refractivity (Wildman–Crippen MR) is 122 cm³/mol. The van der Waals surface area contributed by atoms with Crippen molar-refractivity contribution in [2.24, 2.45) is 11.8 Å². The highest BCUT2D eigenvalue weighted by Gasteiger charge is 2.31. The van der Waals surface area contributed by atoms with Crippen LogP contribution in [-0.4, -0.2) is 59.5 Å². The van der Waals surface area contributed by atoms with Crippen LogP contribution in [0, 0.1) is 11.8 Å². The van der Waals surface area contributed by atoms with Crippen molar-refractivity contribution in [2.75, 3.05) is 6.54 Å². The molecule has 0 radical (unpaired) electrons. The summed E-state index contributed by atoms with van der Waals surface area (Å²) in [6, 6.07) is -2.52. The fourth-order valence-electron chi connectivity index (χ4n) is 3.34. The minimum Gasteiger partial charge on any atom is -0.381 e. The molecule has 5 N–H and O–H groups in total. The molecule has 0 spiro atoms. The van der Waals surface area contributed by atoms with Gasteiger partial charge in [0.05, 0.1) is 6.04 Å². The lowest BCUT2D eigenvalue weighted by Crippen LogP contribution is -2.56. The maximum Gasteiger partial charge on any atom is 0.251 e. The van der Waals surface area contributed by atoms with E-state index in [-0.39, 0.29) is 17.7 Å². The van der Waals surface area contributed by atoms with Gasteiger partial charge in [0.25, 0.3) is 5.91 Å². The Kier molecular flexibility index (Phi) is 12.0. The standard InChI is InChI=1S/C23H40N4O5/c1-14(2)9-6-7-11-19(28)26-17-10-8-12-24-21(30)18(13-15(3)4)27-23(32)20(29)16(5)25-22(17)31/h7,11,14-18,20,29H,6,8-10,12-13H2,1-5H3,(H,24,30)(H,25,31)(H,26,28)(H,27,32)/b11-7+/t16-,17-,18-,20-/m0/s1. The van der Waals surface area contributed by atoms with E-state index in [4.69, 9.17) is 0 Å². The smallest absolute Gasteiger partial charge is 0.251 e. The highest BCUT2D eigenvalue weighted by Crippen LogP contribution is 2.08. The molecular formula is C23H40N4O5. The Morgan fingerprint density at radius 1 is 1.09 bits per heavy atom. The second-order valence-corrected chi connectivity index (χ2v) is 9.30. The Morgan fingerprint density at radius 3 is 2.41 bits per heavy atom. The number of carbonyl (C=O) groups excluding carboxylic acids is 4. The topological polar surface area (TPSA) is 137 Å². The van der Waals surface area contributed by atoms with Crippen molar-refractivity contribution in [1.82, 2.24) is 21.3 Å². The Balaban J connectivity index is 2.89. The van der Waals surface area contributed by atoms with Crippen LogP contribution in [0.25, 0.3) is 0 Å². The fourth-order valence-corrected chi connectivity index (χ4v) is 3.34. The zero-order chi connectivity index (χ0) is 24.3. The van der Waals surface area contributed by atoms with Crippen LogP contribution in [0.2, 0.25) is 0 Å². The minimum atomic E-state index is -1.53. The number of aliphatic hydroxyl groups excluding tert-OH is 1. The van der Waals surface area contributed by atoms with Gasteiger partial charge < -0.3 is 26.4 Å². The van der Waals surface area contributed by atoms with E-state index in [1.54, 1.807) is 6.08 Å². The van der Waals surface area contributed by atoms with E-state index < -0.39 is 36.0 Å². The highest BCUT2D eigenvalue weighted by molar-refractivity contribution is 5.93. The quantitative estimate of drug-likeness (QED) is 0.364. The lowest BCUT2D eigenvalue weighted by atomic mass is 10.0. The normalized spacial score (nSPS) is 26.1. The molecule has 1 rings (SSSR count). The van der Waals surface area contributed by atoms with Crippen molar-refractivity contribution in [2.45, 2.75) is 91.0 Å². The highest BCUT2D eigenvalue weighted by atomic mass is 16.3. The minimum absolute atomic E-state index is 0.157. The van der Waals surface area contributed by atoms with Gasteiger partial charge in [-0.3, -0.25) is 19.2 Å². The fraction of sp³-hybridized carbons (Fsp3) is 0.739. The maximum atomic E-state index is 12.7. The van der Waals surface area contributed by atoms with Crippen LogP contribution in [0.4, 0.5) is 0 Å². The molecule has 0 aromatic carbocycles.